The van der Waals surface area contributed by atoms with Crippen LogP contribution in [0.4, 0.5) is 5.82 Å². The topological polar surface area (TPSA) is 42.0 Å². The number of nitrogens with one attached hydrogen (secondary N) is 1. The van der Waals surface area contributed by atoms with E-state index in [0.29, 0.717) is 10.8 Å². The van der Waals surface area contributed by atoms with Gasteiger partial charge in [-0.15, -0.1) is 0 Å². The number of nitrogens with zero attached hydrogens (tertiary/aromatic N) is 1. The van der Waals surface area contributed by atoms with E-state index in [9.17, 15) is 4.79 Å². The summed E-state index contributed by atoms with van der Waals surface area (Å²) in [4.78, 5) is 16.4. The number of anilines is 1. The molecule has 0 atom stereocenters. The van der Waals surface area contributed by atoms with E-state index in [0.717, 1.165) is 42.4 Å². The molecule has 4 heteroatoms. The Hall–Kier alpha value is -1.87. The summed E-state index contributed by atoms with van der Waals surface area (Å²) in [5.74, 6) is 0.837. The van der Waals surface area contributed by atoms with Crippen molar-refractivity contribution in [1.82, 2.24) is 4.98 Å². The lowest BCUT2D eigenvalue weighted by atomic mass is 10.1. The minimum atomic E-state index is 0.0892. The molecule has 1 aliphatic rings. The van der Waals surface area contributed by atoms with Crippen molar-refractivity contribution >= 4 is 23.3 Å². The Labute approximate surface area is 135 Å². The molecule has 2 aromatic rings. The minimum Gasteiger partial charge on any atom is -0.310 e. The second kappa shape index (κ2) is 6.49. The molecule has 1 saturated carbocycles. The number of benzene rings is 1. The highest BCUT2D eigenvalue weighted by molar-refractivity contribution is 6.33. The van der Waals surface area contributed by atoms with Crippen LogP contribution in [0.25, 0.3) is 11.1 Å². The summed E-state index contributed by atoms with van der Waals surface area (Å²) >= 11 is 6.24. The molecule has 3 rings (SSSR count). The van der Waals surface area contributed by atoms with Gasteiger partial charge < -0.3 is 5.32 Å². The lowest BCUT2D eigenvalue weighted by Crippen LogP contribution is -2.20. The van der Waals surface area contributed by atoms with E-state index in [1.165, 1.54) is 0 Å². The fourth-order valence-electron chi connectivity index (χ4n) is 2.90. The number of hydrogen-bond acceptors (Lipinski definition) is 2. The standard InChI is InChI=1S/C18H19ClN2O/c1-12-6-8-16(19)15(10-12)14-7-9-17(20-11-14)21-18(22)13-4-2-3-5-13/h6-11,13H,2-5H2,1H3,(H,20,21,22). The van der Waals surface area contributed by atoms with Crippen molar-refractivity contribution in [3.8, 4) is 11.1 Å². The van der Waals surface area contributed by atoms with Crippen molar-refractivity contribution in [2.45, 2.75) is 32.6 Å². The third kappa shape index (κ3) is 3.30. The number of pyridine rings is 1. The van der Waals surface area contributed by atoms with Crippen LogP contribution in [0.2, 0.25) is 5.02 Å². The molecule has 1 N–H and O–H groups in total. The quantitative estimate of drug-likeness (QED) is 0.880. The van der Waals surface area contributed by atoms with E-state index >= 15 is 0 Å². The number of carbonyl (C=O) groups excluding carboxylic acids is 1. The summed E-state index contributed by atoms with van der Waals surface area (Å²) in [6.45, 7) is 2.03. The Morgan fingerprint density at radius 1 is 1.23 bits per heavy atom. The van der Waals surface area contributed by atoms with E-state index in [1.807, 2.05) is 37.3 Å². The average molecular weight is 315 g/mol. The van der Waals surface area contributed by atoms with Crippen molar-refractivity contribution in [2.75, 3.05) is 5.32 Å². The van der Waals surface area contributed by atoms with Gasteiger partial charge in [0.15, 0.2) is 0 Å². The monoisotopic (exact) mass is 314 g/mol. The van der Waals surface area contributed by atoms with Crippen LogP contribution in [0.3, 0.4) is 0 Å². The Kier molecular flexibility index (Phi) is 4.44. The highest BCUT2D eigenvalue weighted by Gasteiger charge is 2.22. The van der Waals surface area contributed by atoms with Crippen LogP contribution in [-0.4, -0.2) is 10.9 Å². The third-order valence-corrected chi connectivity index (χ3v) is 4.50. The zero-order valence-electron chi connectivity index (χ0n) is 12.6. The number of amides is 1. The summed E-state index contributed by atoms with van der Waals surface area (Å²) in [5, 5.41) is 3.61. The molecule has 22 heavy (non-hydrogen) atoms. The van der Waals surface area contributed by atoms with E-state index in [1.54, 1.807) is 6.20 Å². The van der Waals surface area contributed by atoms with Gasteiger partial charge in [-0.2, -0.15) is 0 Å². The first-order valence-electron chi connectivity index (χ1n) is 7.67. The molecule has 0 unspecified atom stereocenters. The molecule has 0 bridgehead atoms. The predicted octanol–water partition coefficient (Wildman–Crippen LogP) is 4.84. The van der Waals surface area contributed by atoms with Crippen molar-refractivity contribution in [2.24, 2.45) is 5.92 Å². The maximum absolute atomic E-state index is 12.1. The third-order valence-electron chi connectivity index (χ3n) is 4.17. The summed E-state index contributed by atoms with van der Waals surface area (Å²) < 4.78 is 0. The van der Waals surface area contributed by atoms with Gasteiger partial charge in [0, 0.05) is 28.3 Å². The minimum absolute atomic E-state index is 0.0892. The predicted molar refractivity (Wildman–Crippen MR) is 90.0 cm³/mol. The molecular weight excluding hydrogens is 296 g/mol. The number of halogens is 1. The van der Waals surface area contributed by atoms with Crippen LogP contribution < -0.4 is 5.32 Å². The largest absolute Gasteiger partial charge is 0.310 e. The van der Waals surface area contributed by atoms with E-state index in [2.05, 4.69) is 10.3 Å². The fourth-order valence-corrected chi connectivity index (χ4v) is 3.13. The molecule has 1 heterocycles. The van der Waals surface area contributed by atoms with Crippen LogP contribution in [0.1, 0.15) is 31.2 Å². The number of carbonyl (C=O) groups is 1. The molecule has 1 aromatic heterocycles. The second-order valence-electron chi connectivity index (χ2n) is 5.89. The van der Waals surface area contributed by atoms with Crippen LogP contribution in [-0.2, 0) is 4.79 Å². The first-order chi connectivity index (χ1) is 10.6. The number of aryl methyl sites for hydroxylation is 1. The maximum Gasteiger partial charge on any atom is 0.228 e. The summed E-state index contributed by atoms with van der Waals surface area (Å²) in [5.41, 5.74) is 3.06. The van der Waals surface area contributed by atoms with Gasteiger partial charge in [-0.25, -0.2) is 4.98 Å². The first kappa shape index (κ1) is 15.0. The van der Waals surface area contributed by atoms with Crippen molar-refractivity contribution in [1.29, 1.82) is 0 Å². The molecule has 114 valence electrons. The number of hydrogen-bond donors (Lipinski definition) is 1. The van der Waals surface area contributed by atoms with Crippen LogP contribution in [0.5, 0.6) is 0 Å². The molecule has 0 saturated heterocycles. The SMILES string of the molecule is Cc1ccc(Cl)c(-c2ccc(NC(=O)C3CCCC3)nc2)c1. The highest BCUT2D eigenvalue weighted by Crippen LogP contribution is 2.29. The Balaban J connectivity index is 1.75. The van der Waals surface area contributed by atoms with Gasteiger partial charge in [0.25, 0.3) is 0 Å². The van der Waals surface area contributed by atoms with Crippen LogP contribution in [0.15, 0.2) is 36.5 Å². The summed E-state index contributed by atoms with van der Waals surface area (Å²) in [6.07, 6.45) is 6.03. The van der Waals surface area contributed by atoms with Crippen LogP contribution in [0, 0.1) is 12.8 Å². The lowest BCUT2D eigenvalue weighted by molar-refractivity contribution is -0.119. The van der Waals surface area contributed by atoms with Gasteiger partial charge in [0.1, 0.15) is 5.82 Å². The zero-order valence-corrected chi connectivity index (χ0v) is 13.4. The Morgan fingerprint density at radius 3 is 2.68 bits per heavy atom. The van der Waals surface area contributed by atoms with Crippen molar-refractivity contribution in [3.05, 3.63) is 47.1 Å². The van der Waals surface area contributed by atoms with Crippen molar-refractivity contribution in [3.63, 3.8) is 0 Å². The first-order valence-corrected chi connectivity index (χ1v) is 8.05. The highest BCUT2D eigenvalue weighted by atomic mass is 35.5. The van der Waals surface area contributed by atoms with Crippen molar-refractivity contribution < 1.29 is 4.79 Å². The molecule has 1 fully saturated rings. The number of aromatic nitrogens is 1. The molecule has 3 nitrogen and oxygen atoms in total. The number of rotatable bonds is 3. The second-order valence-corrected chi connectivity index (χ2v) is 6.29. The molecule has 0 radical (unpaired) electrons. The average Bonchev–Trinajstić information content (AvgIpc) is 3.05. The zero-order chi connectivity index (χ0) is 15.5. The van der Waals surface area contributed by atoms with Gasteiger partial charge in [-0.05, 0) is 44.0 Å². The molecular formula is C18H19ClN2O. The molecule has 1 aliphatic carbocycles. The fraction of sp³-hybridized carbons (Fsp3) is 0.333. The summed E-state index contributed by atoms with van der Waals surface area (Å²) in [7, 11) is 0. The Bertz CT molecular complexity index is 676. The van der Waals surface area contributed by atoms with E-state index in [4.69, 9.17) is 11.6 Å². The van der Waals surface area contributed by atoms with E-state index < -0.39 is 0 Å². The summed E-state index contributed by atoms with van der Waals surface area (Å²) in [6, 6.07) is 9.69. The smallest absolute Gasteiger partial charge is 0.228 e. The van der Waals surface area contributed by atoms with E-state index in [-0.39, 0.29) is 11.8 Å². The Morgan fingerprint density at radius 2 is 2.00 bits per heavy atom. The van der Waals surface area contributed by atoms with Gasteiger partial charge in [0.2, 0.25) is 5.91 Å². The van der Waals surface area contributed by atoms with Crippen LogP contribution >= 0.6 is 11.6 Å². The van der Waals surface area contributed by atoms with Gasteiger partial charge >= 0.3 is 0 Å². The lowest BCUT2D eigenvalue weighted by Gasteiger charge is -2.10. The van der Waals surface area contributed by atoms with Gasteiger partial charge in [-0.3, -0.25) is 4.79 Å². The normalized spacial score (nSPS) is 15.0. The molecule has 0 spiro atoms. The van der Waals surface area contributed by atoms with Gasteiger partial charge in [-0.1, -0.05) is 36.1 Å². The molecule has 1 aromatic carbocycles. The molecule has 0 aliphatic heterocycles. The van der Waals surface area contributed by atoms with Gasteiger partial charge in [0.05, 0.1) is 0 Å². The maximum atomic E-state index is 12.1. The molecule has 1 amide bonds.